The van der Waals surface area contributed by atoms with Gasteiger partial charge in [0, 0.05) is 10.2 Å². The summed E-state index contributed by atoms with van der Waals surface area (Å²) in [5.41, 5.74) is 0.758. The number of hydrogen-bond donors (Lipinski definition) is 1. The van der Waals surface area contributed by atoms with Crippen molar-refractivity contribution in [3.8, 4) is 0 Å². The molecule has 1 heterocycles. The van der Waals surface area contributed by atoms with E-state index in [1.807, 2.05) is 0 Å². The molecule has 0 bridgehead atoms. The molecule has 0 radical (unpaired) electrons. The number of nitrogens with one attached hydrogen (secondary N) is 1. The summed E-state index contributed by atoms with van der Waals surface area (Å²) in [5.74, 6) is -1.99. The average molecular weight is 464 g/mol. The zero-order chi connectivity index (χ0) is 20.4. The summed E-state index contributed by atoms with van der Waals surface area (Å²) in [5, 5.41) is 2.63. The van der Waals surface area contributed by atoms with Gasteiger partial charge < -0.3 is 10.1 Å². The van der Waals surface area contributed by atoms with Crippen LogP contribution < -0.4 is 10.2 Å². The minimum absolute atomic E-state index is 0.0546. The second kappa shape index (κ2) is 8.16. The van der Waals surface area contributed by atoms with Crippen LogP contribution >= 0.6 is 27.5 Å². The highest BCUT2D eigenvalue weighted by molar-refractivity contribution is 9.10. The molecule has 0 saturated carbocycles. The number of ether oxygens (including phenoxy) is 1. The van der Waals surface area contributed by atoms with E-state index < -0.39 is 17.8 Å². The lowest BCUT2D eigenvalue weighted by molar-refractivity contribution is -0.120. The van der Waals surface area contributed by atoms with Gasteiger partial charge in [0.25, 0.3) is 11.8 Å². The Hall–Kier alpha value is -2.64. The highest BCUT2D eigenvalue weighted by Crippen LogP contribution is 2.32. The molecule has 8 heteroatoms. The van der Waals surface area contributed by atoms with Crippen molar-refractivity contribution in [3.05, 3.63) is 69.3 Å². The number of nitrogens with zero attached hydrogens (tertiary/aromatic N) is 1. The Morgan fingerprint density at radius 1 is 1.07 bits per heavy atom. The number of benzene rings is 2. The molecular formula is C20H16BrClN2O4. The summed E-state index contributed by atoms with van der Waals surface area (Å²) in [6.07, 6.45) is -0.345. The van der Waals surface area contributed by atoms with Crippen molar-refractivity contribution in [2.24, 2.45) is 0 Å². The number of anilines is 2. The van der Waals surface area contributed by atoms with Crippen molar-refractivity contribution in [2.75, 3.05) is 10.2 Å². The summed E-state index contributed by atoms with van der Waals surface area (Å²) in [7, 11) is 0. The van der Waals surface area contributed by atoms with E-state index in [0.717, 1.165) is 9.37 Å². The molecule has 0 aromatic heterocycles. The quantitative estimate of drug-likeness (QED) is 0.524. The lowest BCUT2D eigenvalue weighted by Gasteiger charge is -2.19. The number of rotatable bonds is 5. The number of halogens is 2. The van der Waals surface area contributed by atoms with E-state index in [1.54, 1.807) is 50.2 Å². The SMILES string of the molecule is CC(C)OC(=O)c1ccccc1N1C(=O)C(Cl)=C(Nc2ccc(Br)cc2)C1=O. The first kappa shape index (κ1) is 20.1. The maximum atomic E-state index is 12.9. The normalized spacial score (nSPS) is 14.1. The van der Waals surface area contributed by atoms with Crippen LogP contribution in [0, 0.1) is 0 Å². The number of carbonyl (C=O) groups is 3. The van der Waals surface area contributed by atoms with Crippen molar-refractivity contribution in [1.82, 2.24) is 0 Å². The first-order chi connectivity index (χ1) is 13.3. The second-order valence-electron chi connectivity index (χ2n) is 6.24. The molecule has 0 atom stereocenters. The van der Waals surface area contributed by atoms with Crippen molar-refractivity contribution in [2.45, 2.75) is 20.0 Å². The molecule has 2 aromatic carbocycles. The Labute approximate surface area is 175 Å². The van der Waals surface area contributed by atoms with Gasteiger partial charge in [-0.3, -0.25) is 9.59 Å². The van der Waals surface area contributed by atoms with E-state index in [9.17, 15) is 14.4 Å². The summed E-state index contributed by atoms with van der Waals surface area (Å²) >= 11 is 9.48. The fourth-order valence-electron chi connectivity index (χ4n) is 2.63. The third-order valence-corrected chi connectivity index (χ3v) is 4.73. The molecule has 1 aliphatic heterocycles. The first-order valence-electron chi connectivity index (χ1n) is 8.40. The predicted molar refractivity (Wildman–Crippen MR) is 110 cm³/mol. The van der Waals surface area contributed by atoms with Crippen molar-refractivity contribution in [3.63, 3.8) is 0 Å². The smallest absolute Gasteiger partial charge is 0.340 e. The highest BCUT2D eigenvalue weighted by Gasteiger charge is 2.40. The van der Waals surface area contributed by atoms with E-state index in [0.29, 0.717) is 5.69 Å². The summed E-state index contributed by atoms with van der Waals surface area (Å²) in [6.45, 7) is 3.43. The Morgan fingerprint density at radius 3 is 2.36 bits per heavy atom. The van der Waals surface area contributed by atoms with E-state index in [2.05, 4.69) is 21.2 Å². The lowest BCUT2D eigenvalue weighted by atomic mass is 10.1. The molecule has 144 valence electrons. The number of para-hydroxylation sites is 1. The van der Waals surface area contributed by atoms with E-state index in [1.165, 1.54) is 12.1 Å². The molecule has 1 N–H and O–H groups in total. The molecule has 0 saturated heterocycles. The van der Waals surface area contributed by atoms with Gasteiger partial charge >= 0.3 is 5.97 Å². The van der Waals surface area contributed by atoms with Crippen molar-refractivity contribution >= 4 is 56.7 Å². The molecule has 3 rings (SSSR count). The van der Waals surface area contributed by atoms with Gasteiger partial charge in [-0.1, -0.05) is 39.7 Å². The molecule has 0 aliphatic carbocycles. The monoisotopic (exact) mass is 462 g/mol. The highest BCUT2D eigenvalue weighted by atomic mass is 79.9. The van der Waals surface area contributed by atoms with Gasteiger partial charge in [0.05, 0.1) is 17.4 Å². The zero-order valence-electron chi connectivity index (χ0n) is 15.0. The van der Waals surface area contributed by atoms with Crippen LogP contribution in [0.15, 0.2) is 63.7 Å². The van der Waals surface area contributed by atoms with E-state index in [4.69, 9.17) is 16.3 Å². The zero-order valence-corrected chi connectivity index (χ0v) is 17.4. The fraction of sp³-hybridized carbons (Fsp3) is 0.150. The minimum atomic E-state index is -0.712. The summed E-state index contributed by atoms with van der Waals surface area (Å²) in [6, 6.07) is 13.3. The van der Waals surface area contributed by atoms with E-state index in [-0.39, 0.29) is 28.1 Å². The van der Waals surface area contributed by atoms with Crippen LogP contribution in [-0.4, -0.2) is 23.9 Å². The van der Waals surface area contributed by atoms with Gasteiger partial charge in [-0.05, 0) is 50.2 Å². The molecule has 6 nitrogen and oxygen atoms in total. The Kier molecular flexibility index (Phi) is 5.86. The van der Waals surface area contributed by atoms with Crippen LogP contribution in [0.1, 0.15) is 24.2 Å². The number of esters is 1. The number of imide groups is 1. The molecular weight excluding hydrogens is 448 g/mol. The molecule has 2 aromatic rings. The maximum Gasteiger partial charge on any atom is 0.340 e. The van der Waals surface area contributed by atoms with Crippen LogP contribution in [0.3, 0.4) is 0 Å². The van der Waals surface area contributed by atoms with Crippen molar-refractivity contribution < 1.29 is 19.1 Å². The summed E-state index contributed by atoms with van der Waals surface area (Å²) < 4.78 is 6.08. The largest absolute Gasteiger partial charge is 0.459 e. The molecule has 28 heavy (non-hydrogen) atoms. The third kappa shape index (κ3) is 3.95. The van der Waals surface area contributed by atoms with Gasteiger partial charge in [0.15, 0.2) is 0 Å². The summed E-state index contributed by atoms with van der Waals surface area (Å²) in [4.78, 5) is 38.9. The molecule has 1 aliphatic rings. The van der Waals surface area contributed by atoms with Gasteiger partial charge in [-0.15, -0.1) is 0 Å². The molecule has 0 spiro atoms. The predicted octanol–water partition coefficient (Wildman–Crippen LogP) is 4.45. The van der Waals surface area contributed by atoms with Crippen LogP contribution in [0.2, 0.25) is 0 Å². The van der Waals surface area contributed by atoms with Gasteiger partial charge in [0.2, 0.25) is 0 Å². The van der Waals surface area contributed by atoms with Gasteiger partial charge in [0.1, 0.15) is 10.7 Å². The minimum Gasteiger partial charge on any atom is -0.459 e. The Bertz CT molecular complexity index is 986. The fourth-order valence-corrected chi connectivity index (χ4v) is 3.10. The standard InChI is InChI=1S/C20H16BrClN2O4/c1-11(2)28-20(27)14-5-3-4-6-15(14)24-18(25)16(22)17(19(24)26)23-13-9-7-12(21)8-10-13/h3-11,23H,1-2H3. The number of amides is 2. The lowest BCUT2D eigenvalue weighted by Crippen LogP contribution is -2.33. The molecule has 0 unspecified atom stereocenters. The van der Waals surface area contributed by atoms with Crippen molar-refractivity contribution in [1.29, 1.82) is 0 Å². The average Bonchev–Trinajstić information content (AvgIpc) is 2.86. The molecule has 0 fully saturated rings. The maximum absolute atomic E-state index is 12.9. The second-order valence-corrected chi connectivity index (χ2v) is 7.53. The van der Waals surface area contributed by atoms with Gasteiger partial charge in [-0.25, -0.2) is 9.69 Å². The topological polar surface area (TPSA) is 75.7 Å². The molecule has 2 amide bonds. The third-order valence-electron chi connectivity index (χ3n) is 3.85. The van der Waals surface area contributed by atoms with Crippen LogP contribution in [0.5, 0.6) is 0 Å². The Balaban J connectivity index is 1.94. The van der Waals surface area contributed by atoms with Crippen LogP contribution in [0.25, 0.3) is 0 Å². The first-order valence-corrected chi connectivity index (χ1v) is 9.58. The van der Waals surface area contributed by atoms with E-state index >= 15 is 0 Å². The number of hydrogen-bond acceptors (Lipinski definition) is 5. The van der Waals surface area contributed by atoms with Crippen LogP contribution in [-0.2, 0) is 14.3 Å². The Morgan fingerprint density at radius 2 is 1.71 bits per heavy atom. The van der Waals surface area contributed by atoms with Crippen LogP contribution in [0.4, 0.5) is 11.4 Å². The van der Waals surface area contributed by atoms with Gasteiger partial charge in [-0.2, -0.15) is 0 Å². The number of carbonyl (C=O) groups excluding carboxylic acids is 3.